The number of hydrogen-bond acceptors (Lipinski definition) is 7. The molecule has 0 saturated carbocycles. The summed E-state index contributed by atoms with van der Waals surface area (Å²) in [6.45, 7) is 1.52. The average molecular weight is 302 g/mol. The highest BCUT2D eigenvalue weighted by molar-refractivity contribution is 6.04. The van der Waals surface area contributed by atoms with E-state index in [-0.39, 0.29) is 19.4 Å². The minimum atomic E-state index is -0.859. The number of hydrogen-bond donors (Lipinski definition) is 2. The lowest BCUT2D eigenvalue weighted by Gasteiger charge is -2.05. The fourth-order valence-corrected chi connectivity index (χ4v) is 1.13. The molecule has 0 saturated heterocycles. The number of rotatable bonds is 7. The summed E-state index contributed by atoms with van der Waals surface area (Å²) in [6, 6.07) is 0. The van der Waals surface area contributed by atoms with E-state index in [1.54, 1.807) is 0 Å². The Morgan fingerprint density at radius 3 is 2.10 bits per heavy atom. The van der Waals surface area contributed by atoms with Gasteiger partial charge < -0.3 is 19.7 Å². The van der Waals surface area contributed by atoms with Gasteiger partial charge in [-0.2, -0.15) is 0 Å². The molecular formula is C13H18O8. The summed E-state index contributed by atoms with van der Waals surface area (Å²) in [6.07, 6.45) is 2.77. The van der Waals surface area contributed by atoms with Gasteiger partial charge in [-0.05, 0) is 19.8 Å². The Kier molecular flexibility index (Phi) is 9.44. The smallest absolute Gasteiger partial charge is 0.338 e. The topological polar surface area (TPSA) is 127 Å². The van der Waals surface area contributed by atoms with E-state index < -0.39 is 30.0 Å². The summed E-state index contributed by atoms with van der Waals surface area (Å²) in [4.78, 5) is 40.9. The van der Waals surface area contributed by atoms with Crippen LogP contribution in [0.1, 0.15) is 32.6 Å². The highest BCUT2D eigenvalue weighted by Gasteiger charge is 2.10. The van der Waals surface area contributed by atoms with Crippen molar-refractivity contribution in [1.82, 2.24) is 0 Å². The van der Waals surface area contributed by atoms with Crippen LogP contribution in [0.15, 0.2) is 12.2 Å². The first-order chi connectivity index (χ1) is 9.81. The Labute approximate surface area is 121 Å². The molecule has 0 spiro atoms. The molecule has 0 bridgehead atoms. The highest BCUT2D eigenvalue weighted by Crippen LogP contribution is 2.01. The quantitative estimate of drug-likeness (QED) is 0.387. The van der Waals surface area contributed by atoms with E-state index in [9.17, 15) is 19.2 Å². The van der Waals surface area contributed by atoms with Crippen LogP contribution in [0.5, 0.6) is 0 Å². The third-order valence-electron chi connectivity index (χ3n) is 2.06. The van der Waals surface area contributed by atoms with Gasteiger partial charge in [-0.25, -0.2) is 9.59 Å². The third kappa shape index (κ3) is 12.6. The molecule has 0 aromatic heterocycles. The summed E-state index contributed by atoms with van der Waals surface area (Å²) < 4.78 is 8.65. The Hall–Kier alpha value is -2.22. The molecule has 118 valence electrons. The van der Waals surface area contributed by atoms with Crippen molar-refractivity contribution in [3.05, 3.63) is 12.2 Å². The van der Waals surface area contributed by atoms with Crippen molar-refractivity contribution >= 4 is 23.9 Å². The number of carboxylic acid groups (broad SMARTS) is 1. The molecule has 1 heterocycles. The number of carboxylic acids is 1. The summed E-state index contributed by atoms with van der Waals surface area (Å²) in [5.41, 5.74) is 0. The van der Waals surface area contributed by atoms with Crippen LogP contribution < -0.4 is 0 Å². The summed E-state index contributed by atoms with van der Waals surface area (Å²) in [5, 5.41) is 17.1. The largest absolute Gasteiger partial charge is 0.481 e. The minimum absolute atomic E-state index is 0.00222. The second-order valence-corrected chi connectivity index (χ2v) is 4.21. The molecule has 1 aliphatic rings. The van der Waals surface area contributed by atoms with Gasteiger partial charge in [0.15, 0.2) is 0 Å². The van der Waals surface area contributed by atoms with E-state index in [2.05, 4.69) is 9.47 Å². The molecule has 8 nitrogen and oxygen atoms in total. The molecule has 1 atom stereocenters. The van der Waals surface area contributed by atoms with E-state index >= 15 is 0 Å². The molecule has 1 rings (SSSR count). The van der Waals surface area contributed by atoms with Crippen LogP contribution in [0.25, 0.3) is 0 Å². The van der Waals surface area contributed by atoms with Gasteiger partial charge >= 0.3 is 23.9 Å². The zero-order chi connectivity index (χ0) is 16.3. The van der Waals surface area contributed by atoms with E-state index in [1.165, 1.54) is 6.92 Å². The fraction of sp³-hybridized carbons (Fsp3) is 0.538. The van der Waals surface area contributed by atoms with Crippen molar-refractivity contribution in [2.75, 3.05) is 6.61 Å². The van der Waals surface area contributed by atoms with Gasteiger partial charge in [0, 0.05) is 25.0 Å². The molecule has 0 radical (unpaired) electrons. The predicted molar refractivity (Wildman–Crippen MR) is 69.0 cm³/mol. The SMILES string of the molecule is CC(O)COC(=O)CCCCC(=O)O.O=C1C=CC(=O)O1. The maximum atomic E-state index is 10.9. The van der Waals surface area contributed by atoms with Crippen molar-refractivity contribution in [1.29, 1.82) is 0 Å². The molecular weight excluding hydrogens is 284 g/mol. The van der Waals surface area contributed by atoms with Crippen molar-refractivity contribution in [2.45, 2.75) is 38.7 Å². The Morgan fingerprint density at radius 1 is 1.19 bits per heavy atom. The number of unbranched alkanes of at least 4 members (excludes halogenated alkanes) is 1. The summed E-state index contributed by atoms with van der Waals surface area (Å²) >= 11 is 0. The number of ether oxygens (including phenoxy) is 2. The maximum Gasteiger partial charge on any atom is 0.338 e. The van der Waals surface area contributed by atoms with Gasteiger partial charge in [0.1, 0.15) is 6.61 Å². The van der Waals surface area contributed by atoms with Crippen molar-refractivity contribution in [2.24, 2.45) is 0 Å². The normalized spacial score (nSPS) is 14.0. The van der Waals surface area contributed by atoms with Crippen molar-refractivity contribution < 1.29 is 38.9 Å². The number of carbonyl (C=O) groups excluding carboxylic acids is 3. The van der Waals surface area contributed by atoms with Gasteiger partial charge in [0.05, 0.1) is 6.10 Å². The number of cyclic esters (lactones) is 2. The Morgan fingerprint density at radius 2 is 1.71 bits per heavy atom. The highest BCUT2D eigenvalue weighted by atomic mass is 16.6. The van der Waals surface area contributed by atoms with Crippen LogP contribution in [0, 0.1) is 0 Å². The number of aliphatic hydroxyl groups is 1. The molecule has 2 N–H and O–H groups in total. The van der Waals surface area contributed by atoms with E-state index in [0.29, 0.717) is 12.8 Å². The summed E-state index contributed by atoms with van der Waals surface area (Å²) in [7, 11) is 0. The minimum Gasteiger partial charge on any atom is -0.481 e. The van der Waals surface area contributed by atoms with Gasteiger partial charge in [-0.15, -0.1) is 0 Å². The first-order valence-electron chi connectivity index (χ1n) is 6.30. The van der Waals surface area contributed by atoms with Crippen molar-refractivity contribution in [3.8, 4) is 0 Å². The molecule has 1 aliphatic heterocycles. The van der Waals surface area contributed by atoms with Gasteiger partial charge in [0.25, 0.3) is 0 Å². The molecule has 0 fully saturated rings. The molecule has 0 aromatic carbocycles. The molecule has 1 unspecified atom stereocenters. The first-order valence-corrected chi connectivity index (χ1v) is 6.30. The number of carbonyl (C=O) groups is 4. The van der Waals surface area contributed by atoms with Crippen LogP contribution >= 0.6 is 0 Å². The first kappa shape index (κ1) is 18.8. The lowest BCUT2D eigenvalue weighted by molar-refractivity contribution is -0.150. The van der Waals surface area contributed by atoms with Gasteiger partial charge in [-0.3, -0.25) is 9.59 Å². The zero-order valence-corrected chi connectivity index (χ0v) is 11.6. The van der Waals surface area contributed by atoms with E-state index in [1.807, 2.05) is 0 Å². The summed E-state index contributed by atoms with van der Waals surface area (Å²) in [5.74, 6) is -2.41. The van der Waals surface area contributed by atoms with Crippen LogP contribution in [0.4, 0.5) is 0 Å². The van der Waals surface area contributed by atoms with Crippen LogP contribution in [0.2, 0.25) is 0 Å². The van der Waals surface area contributed by atoms with E-state index in [4.69, 9.17) is 10.2 Å². The fourth-order valence-electron chi connectivity index (χ4n) is 1.13. The van der Waals surface area contributed by atoms with Crippen molar-refractivity contribution in [3.63, 3.8) is 0 Å². The number of aliphatic carboxylic acids is 1. The second kappa shape index (κ2) is 10.6. The standard InChI is InChI=1S/C9H16O5.C4H2O3/c1-7(10)6-14-9(13)5-3-2-4-8(11)12;5-3-1-2-4(6)7-3/h7,10H,2-6H2,1H3,(H,11,12);1-2H. The van der Waals surface area contributed by atoms with Crippen LogP contribution in [-0.2, 0) is 28.7 Å². The van der Waals surface area contributed by atoms with Crippen LogP contribution in [-0.4, -0.2) is 46.8 Å². The average Bonchev–Trinajstić information content (AvgIpc) is 2.76. The van der Waals surface area contributed by atoms with Gasteiger partial charge in [-0.1, -0.05) is 0 Å². The number of esters is 3. The Bertz CT molecular complexity index is 394. The van der Waals surface area contributed by atoms with Crippen LogP contribution in [0.3, 0.4) is 0 Å². The lowest BCUT2D eigenvalue weighted by atomic mass is 10.2. The number of aliphatic hydroxyl groups excluding tert-OH is 1. The van der Waals surface area contributed by atoms with E-state index in [0.717, 1.165) is 12.2 Å². The molecule has 21 heavy (non-hydrogen) atoms. The second-order valence-electron chi connectivity index (χ2n) is 4.21. The monoisotopic (exact) mass is 302 g/mol. The maximum absolute atomic E-state index is 10.9. The predicted octanol–water partition coefficient (Wildman–Crippen LogP) is 0.181. The molecule has 0 amide bonds. The van der Waals surface area contributed by atoms with Gasteiger partial charge in [0.2, 0.25) is 0 Å². The molecule has 0 aromatic rings. The Balaban J connectivity index is 0.000000471. The lowest BCUT2D eigenvalue weighted by Crippen LogP contribution is -2.15. The molecule has 0 aliphatic carbocycles. The zero-order valence-electron chi connectivity index (χ0n) is 11.6. The third-order valence-corrected chi connectivity index (χ3v) is 2.06. The molecule has 8 heteroatoms.